The minimum atomic E-state index is -4.18. The summed E-state index contributed by atoms with van der Waals surface area (Å²) in [5, 5.41) is 0.453. The van der Waals surface area contributed by atoms with Gasteiger partial charge in [-0.25, -0.2) is 0 Å². The molecular formula is C13H14ClF3N2S. The molecule has 1 saturated heterocycles. The first-order valence-corrected chi connectivity index (χ1v) is 6.98. The van der Waals surface area contributed by atoms with Crippen molar-refractivity contribution in [2.75, 3.05) is 18.0 Å². The lowest BCUT2D eigenvalue weighted by molar-refractivity contribution is -0.175. The first-order valence-electron chi connectivity index (χ1n) is 6.20. The Labute approximate surface area is 125 Å². The molecule has 1 aliphatic heterocycles. The maximum absolute atomic E-state index is 12.9. The second-order valence-corrected chi connectivity index (χ2v) is 5.73. The number of piperidine rings is 1. The van der Waals surface area contributed by atoms with Gasteiger partial charge in [0.1, 0.15) is 4.99 Å². The first kappa shape index (κ1) is 15.4. The van der Waals surface area contributed by atoms with E-state index in [-0.39, 0.29) is 18.0 Å². The van der Waals surface area contributed by atoms with Crippen molar-refractivity contribution in [1.29, 1.82) is 0 Å². The zero-order valence-corrected chi connectivity index (χ0v) is 12.2. The summed E-state index contributed by atoms with van der Waals surface area (Å²) in [7, 11) is 0. The van der Waals surface area contributed by atoms with E-state index < -0.39 is 12.1 Å². The molecule has 0 aliphatic carbocycles. The Bertz CT molecular complexity index is 519. The van der Waals surface area contributed by atoms with Gasteiger partial charge in [0.15, 0.2) is 0 Å². The van der Waals surface area contributed by atoms with E-state index in [1.54, 1.807) is 23.1 Å². The highest BCUT2D eigenvalue weighted by molar-refractivity contribution is 7.80. The van der Waals surface area contributed by atoms with E-state index in [0.29, 0.717) is 29.2 Å². The van der Waals surface area contributed by atoms with Gasteiger partial charge in [0, 0.05) is 29.4 Å². The standard InChI is InChI=1S/C13H14ClF3N2S/c14-9-3-4-10(12(18)20)11(6-9)19-5-1-2-8(7-19)13(15,16)17/h3-4,6,8H,1-2,5,7H2,(H2,18,20). The molecule has 1 unspecified atom stereocenters. The van der Waals surface area contributed by atoms with Crippen LogP contribution in [-0.2, 0) is 0 Å². The Morgan fingerprint density at radius 2 is 2.10 bits per heavy atom. The number of alkyl halides is 3. The highest BCUT2D eigenvalue weighted by Crippen LogP contribution is 2.36. The maximum atomic E-state index is 12.9. The van der Waals surface area contributed by atoms with E-state index in [1.807, 2.05) is 0 Å². The number of nitrogens with zero attached hydrogens (tertiary/aromatic N) is 1. The van der Waals surface area contributed by atoms with Gasteiger partial charge in [0.05, 0.1) is 5.92 Å². The van der Waals surface area contributed by atoms with E-state index >= 15 is 0 Å². The van der Waals surface area contributed by atoms with Crippen molar-refractivity contribution in [1.82, 2.24) is 0 Å². The van der Waals surface area contributed by atoms with Gasteiger partial charge >= 0.3 is 6.18 Å². The number of nitrogens with two attached hydrogens (primary N) is 1. The molecule has 1 fully saturated rings. The highest BCUT2D eigenvalue weighted by atomic mass is 35.5. The lowest BCUT2D eigenvalue weighted by atomic mass is 9.96. The van der Waals surface area contributed by atoms with Gasteiger partial charge in [-0.1, -0.05) is 23.8 Å². The Morgan fingerprint density at radius 1 is 1.40 bits per heavy atom. The number of hydrogen-bond acceptors (Lipinski definition) is 2. The van der Waals surface area contributed by atoms with Gasteiger partial charge in [0.25, 0.3) is 0 Å². The van der Waals surface area contributed by atoms with Crippen LogP contribution >= 0.6 is 23.8 Å². The fraction of sp³-hybridized carbons (Fsp3) is 0.462. The van der Waals surface area contributed by atoms with Crippen molar-refractivity contribution in [2.24, 2.45) is 11.7 Å². The van der Waals surface area contributed by atoms with E-state index in [4.69, 9.17) is 29.6 Å². The van der Waals surface area contributed by atoms with Gasteiger partial charge in [-0.15, -0.1) is 0 Å². The normalized spacial score (nSPS) is 20.0. The fourth-order valence-corrected chi connectivity index (χ4v) is 2.78. The highest BCUT2D eigenvalue weighted by Gasteiger charge is 2.42. The topological polar surface area (TPSA) is 29.3 Å². The molecule has 0 radical (unpaired) electrons. The van der Waals surface area contributed by atoms with Gasteiger partial charge in [-0.3, -0.25) is 0 Å². The fourth-order valence-electron chi connectivity index (χ4n) is 2.44. The zero-order chi connectivity index (χ0) is 14.9. The minimum Gasteiger partial charge on any atom is -0.389 e. The van der Waals surface area contributed by atoms with Crippen LogP contribution in [-0.4, -0.2) is 24.3 Å². The van der Waals surface area contributed by atoms with Crippen molar-refractivity contribution in [2.45, 2.75) is 19.0 Å². The number of halogens is 4. The van der Waals surface area contributed by atoms with E-state index in [0.717, 1.165) is 0 Å². The average Bonchev–Trinajstić information content (AvgIpc) is 2.37. The molecule has 2 rings (SSSR count). The van der Waals surface area contributed by atoms with Crippen molar-refractivity contribution in [3.8, 4) is 0 Å². The molecule has 1 aromatic carbocycles. The quantitative estimate of drug-likeness (QED) is 0.841. The summed E-state index contributed by atoms with van der Waals surface area (Å²) in [5.74, 6) is -1.32. The van der Waals surface area contributed by atoms with Gasteiger partial charge < -0.3 is 10.6 Å². The Kier molecular flexibility index (Phi) is 4.44. The molecule has 0 amide bonds. The summed E-state index contributed by atoms with van der Waals surface area (Å²) in [6, 6.07) is 4.90. The Balaban J connectivity index is 2.31. The summed E-state index contributed by atoms with van der Waals surface area (Å²) >= 11 is 10.9. The predicted octanol–water partition coefficient (Wildman–Crippen LogP) is 3.75. The second kappa shape index (κ2) is 5.77. The van der Waals surface area contributed by atoms with Crippen molar-refractivity contribution < 1.29 is 13.2 Å². The van der Waals surface area contributed by atoms with Crippen LogP contribution in [0.5, 0.6) is 0 Å². The molecule has 0 bridgehead atoms. The number of anilines is 1. The average molecular weight is 323 g/mol. The number of benzene rings is 1. The van der Waals surface area contributed by atoms with Gasteiger partial charge in [0.2, 0.25) is 0 Å². The first-order chi connectivity index (χ1) is 9.29. The van der Waals surface area contributed by atoms with E-state index in [1.165, 1.54) is 0 Å². The van der Waals surface area contributed by atoms with Gasteiger partial charge in [-0.2, -0.15) is 13.2 Å². The summed E-state index contributed by atoms with van der Waals surface area (Å²) < 4.78 is 38.6. The van der Waals surface area contributed by atoms with Crippen LogP contribution in [0.2, 0.25) is 5.02 Å². The number of hydrogen-bond donors (Lipinski definition) is 1. The molecule has 1 aromatic rings. The monoisotopic (exact) mass is 322 g/mol. The van der Waals surface area contributed by atoms with Crippen LogP contribution in [0.15, 0.2) is 18.2 Å². The minimum absolute atomic E-state index is 0.0839. The summed E-state index contributed by atoms with van der Waals surface area (Å²) in [4.78, 5) is 1.83. The van der Waals surface area contributed by atoms with Crippen LogP contribution in [0.25, 0.3) is 0 Å². The predicted molar refractivity (Wildman–Crippen MR) is 78.3 cm³/mol. The van der Waals surface area contributed by atoms with Crippen LogP contribution < -0.4 is 10.6 Å². The molecule has 7 heteroatoms. The van der Waals surface area contributed by atoms with Crippen molar-refractivity contribution in [3.05, 3.63) is 28.8 Å². The van der Waals surface area contributed by atoms with Crippen LogP contribution in [0, 0.1) is 5.92 Å². The Morgan fingerprint density at radius 3 is 2.70 bits per heavy atom. The molecule has 20 heavy (non-hydrogen) atoms. The molecule has 1 heterocycles. The molecule has 0 aromatic heterocycles. The molecule has 110 valence electrons. The lowest BCUT2D eigenvalue weighted by Gasteiger charge is -2.36. The molecule has 2 N–H and O–H groups in total. The van der Waals surface area contributed by atoms with Crippen molar-refractivity contribution in [3.63, 3.8) is 0 Å². The molecule has 0 spiro atoms. The number of thiocarbonyl (C=S) groups is 1. The third kappa shape index (κ3) is 3.35. The summed E-state index contributed by atoms with van der Waals surface area (Å²) in [6.07, 6.45) is -3.54. The van der Waals surface area contributed by atoms with E-state index in [2.05, 4.69) is 0 Å². The van der Waals surface area contributed by atoms with Crippen LogP contribution in [0.1, 0.15) is 18.4 Å². The third-order valence-electron chi connectivity index (χ3n) is 3.45. The zero-order valence-electron chi connectivity index (χ0n) is 10.6. The largest absolute Gasteiger partial charge is 0.393 e. The lowest BCUT2D eigenvalue weighted by Crippen LogP contribution is -2.42. The summed E-state index contributed by atoms with van der Waals surface area (Å²) in [5.41, 5.74) is 6.78. The molecule has 1 aliphatic rings. The number of rotatable bonds is 2. The Hall–Kier alpha value is -1.01. The van der Waals surface area contributed by atoms with E-state index in [9.17, 15) is 13.2 Å². The third-order valence-corrected chi connectivity index (χ3v) is 3.91. The SMILES string of the molecule is NC(=S)c1ccc(Cl)cc1N1CCCC(C(F)(F)F)C1. The van der Waals surface area contributed by atoms with Gasteiger partial charge in [-0.05, 0) is 31.0 Å². The summed E-state index contributed by atoms with van der Waals surface area (Å²) in [6.45, 7) is 0.460. The smallest absolute Gasteiger partial charge is 0.389 e. The second-order valence-electron chi connectivity index (χ2n) is 4.85. The molecule has 0 saturated carbocycles. The molecule has 1 atom stereocenters. The van der Waals surface area contributed by atoms with Crippen molar-refractivity contribution >= 4 is 34.5 Å². The van der Waals surface area contributed by atoms with Crippen LogP contribution in [0.4, 0.5) is 18.9 Å². The van der Waals surface area contributed by atoms with Crippen LogP contribution in [0.3, 0.4) is 0 Å². The maximum Gasteiger partial charge on any atom is 0.393 e. The molecular weight excluding hydrogens is 309 g/mol. The molecule has 2 nitrogen and oxygen atoms in total.